The van der Waals surface area contributed by atoms with Gasteiger partial charge in [0.05, 0.1) is 18.9 Å². The number of ether oxygens (including phenoxy) is 2. The molecule has 0 unspecified atom stereocenters. The number of carbonyl (C=O) groups excluding carboxylic acids is 2. The number of allylic oxidation sites excluding steroid dienone is 4. The molecule has 0 bridgehead atoms. The molecule has 0 N–H and O–H groups in total. The van der Waals surface area contributed by atoms with E-state index in [0.717, 1.165) is 0 Å². The molecule has 0 saturated heterocycles. The Morgan fingerprint density at radius 1 is 1.00 bits per heavy atom. The Morgan fingerprint density at radius 2 is 1.47 bits per heavy atom. The third kappa shape index (κ3) is 7.54. The summed E-state index contributed by atoms with van der Waals surface area (Å²) in [5.41, 5.74) is 1.40. The normalized spacial score (nSPS) is 11.5. The Hall–Kier alpha value is -2.36. The fourth-order valence-corrected chi connectivity index (χ4v) is 0.773. The van der Waals surface area contributed by atoms with Crippen LogP contribution < -0.4 is 0 Å². The van der Waals surface area contributed by atoms with Crippen molar-refractivity contribution >= 4 is 11.9 Å². The maximum absolute atomic E-state index is 11.5. The average Bonchev–Trinajstić information content (AvgIpc) is 2.41. The lowest BCUT2D eigenvalue weighted by atomic mass is 10.2. The Bertz CT molecular complexity index is 453. The van der Waals surface area contributed by atoms with Crippen LogP contribution in [0.3, 0.4) is 0 Å². The van der Waals surface area contributed by atoms with Gasteiger partial charge in [0.2, 0.25) is 0 Å². The van der Waals surface area contributed by atoms with Gasteiger partial charge in [0.1, 0.15) is 0 Å². The molecule has 0 aromatic carbocycles. The van der Waals surface area contributed by atoms with E-state index in [1.54, 1.807) is 19.9 Å². The maximum atomic E-state index is 11.5. The fourth-order valence-electron chi connectivity index (χ4n) is 0.773. The minimum Gasteiger partial charge on any atom is -0.434 e. The van der Waals surface area contributed by atoms with E-state index >= 15 is 0 Å². The smallest absolute Gasteiger partial charge is 0.338 e. The molecule has 0 aliphatic heterocycles. The van der Waals surface area contributed by atoms with Crippen molar-refractivity contribution in [3.05, 3.63) is 61.1 Å². The minimum atomic E-state index is -0.678. The second kappa shape index (κ2) is 8.69. The van der Waals surface area contributed by atoms with Gasteiger partial charge in [-0.25, -0.2) is 4.79 Å². The molecule has 0 aliphatic rings. The first-order valence-corrected chi connectivity index (χ1v) is 5.57. The Labute approximate surface area is 113 Å². The van der Waals surface area contributed by atoms with Gasteiger partial charge in [0.25, 0.3) is 0 Å². The van der Waals surface area contributed by atoms with Crippen LogP contribution in [0.2, 0.25) is 0 Å². The van der Waals surface area contributed by atoms with E-state index in [4.69, 9.17) is 9.47 Å². The summed E-state index contributed by atoms with van der Waals surface area (Å²) < 4.78 is 9.58. The van der Waals surface area contributed by atoms with Crippen LogP contribution in [0.4, 0.5) is 0 Å². The SMILES string of the molecule is C=CC(C)=COC(=O)CC(=C)C(=O)OC=C(C)C=C. The van der Waals surface area contributed by atoms with E-state index in [0.29, 0.717) is 11.1 Å². The van der Waals surface area contributed by atoms with Crippen molar-refractivity contribution in [2.75, 3.05) is 0 Å². The van der Waals surface area contributed by atoms with E-state index in [1.807, 2.05) is 0 Å². The van der Waals surface area contributed by atoms with Gasteiger partial charge in [0.15, 0.2) is 0 Å². The van der Waals surface area contributed by atoms with Crippen molar-refractivity contribution in [2.45, 2.75) is 20.3 Å². The van der Waals surface area contributed by atoms with Crippen LogP contribution in [0.5, 0.6) is 0 Å². The van der Waals surface area contributed by atoms with Gasteiger partial charge in [-0.15, -0.1) is 0 Å². The summed E-state index contributed by atoms with van der Waals surface area (Å²) in [7, 11) is 0. The molecule has 0 fully saturated rings. The van der Waals surface area contributed by atoms with Crippen molar-refractivity contribution in [2.24, 2.45) is 0 Å². The highest BCUT2D eigenvalue weighted by atomic mass is 16.5. The van der Waals surface area contributed by atoms with Gasteiger partial charge in [-0.1, -0.05) is 31.9 Å². The molecule has 0 atom stereocenters. The number of rotatable bonds is 7. The molecule has 0 saturated carbocycles. The number of hydrogen-bond acceptors (Lipinski definition) is 4. The zero-order valence-electron chi connectivity index (χ0n) is 11.3. The summed E-state index contributed by atoms with van der Waals surface area (Å²) in [4.78, 5) is 22.8. The Morgan fingerprint density at radius 3 is 1.95 bits per heavy atom. The zero-order chi connectivity index (χ0) is 14.8. The van der Waals surface area contributed by atoms with E-state index in [9.17, 15) is 9.59 Å². The lowest BCUT2D eigenvalue weighted by molar-refractivity contribution is -0.140. The molecule has 102 valence electrons. The molecule has 4 heteroatoms. The highest BCUT2D eigenvalue weighted by molar-refractivity contribution is 5.93. The van der Waals surface area contributed by atoms with Crippen molar-refractivity contribution in [1.82, 2.24) is 0 Å². The van der Waals surface area contributed by atoms with Crippen molar-refractivity contribution in [3.8, 4) is 0 Å². The molecule has 0 heterocycles. The standard InChI is InChI=1S/C15H18O4/c1-6-11(3)9-18-14(16)8-13(5)15(17)19-10-12(4)7-2/h6-7,9-10H,1-2,5,8H2,3-4H3. The van der Waals surface area contributed by atoms with Crippen LogP contribution in [0.1, 0.15) is 20.3 Å². The van der Waals surface area contributed by atoms with Crippen molar-refractivity contribution < 1.29 is 19.1 Å². The maximum Gasteiger partial charge on any atom is 0.338 e. The first-order chi connectivity index (χ1) is 8.90. The van der Waals surface area contributed by atoms with Gasteiger partial charge in [0, 0.05) is 5.57 Å². The van der Waals surface area contributed by atoms with Gasteiger partial charge in [-0.3, -0.25) is 4.79 Å². The summed E-state index contributed by atoms with van der Waals surface area (Å²) in [5, 5.41) is 0. The lowest BCUT2D eigenvalue weighted by Gasteiger charge is -2.03. The molecule has 0 rings (SSSR count). The summed E-state index contributed by atoms with van der Waals surface area (Å²) in [6, 6.07) is 0. The highest BCUT2D eigenvalue weighted by Gasteiger charge is 2.13. The third-order valence-corrected chi connectivity index (χ3v) is 2.02. The third-order valence-electron chi connectivity index (χ3n) is 2.02. The van der Waals surface area contributed by atoms with Crippen molar-refractivity contribution in [3.63, 3.8) is 0 Å². The second-order valence-electron chi connectivity index (χ2n) is 3.81. The number of esters is 2. The van der Waals surface area contributed by atoms with Crippen LogP contribution in [-0.2, 0) is 19.1 Å². The molecule has 0 aromatic rings. The minimum absolute atomic E-state index is 0.0165. The predicted octanol–water partition coefficient (Wildman–Crippen LogP) is 3.20. The molecule has 0 spiro atoms. The van der Waals surface area contributed by atoms with E-state index in [-0.39, 0.29) is 12.0 Å². The van der Waals surface area contributed by atoms with Gasteiger partial charge < -0.3 is 9.47 Å². The number of carbonyl (C=O) groups is 2. The lowest BCUT2D eigenvalue weighted by Crippen LogP contribution is -2.09. The molecule has 0 aliphatic carbocycles. The summed E-state index contributed by atoms with van der Waals surface area (Å²) in [6.07, 6.45) is 5.34. The van der Waals surface area contributed by atoms with E-state index < -0.39 is 11.9 Å². The van der Waals surface area contributed by atoms with Crippen LogP contribution in [0.15, 0.2) is 61.1 Å². The van der Waals surface area contributed by atoms with Crippen LogP contribution in [-0.4, -0.2) is 11.9 Å². The first-order valence-electron chi connectivity index (χ1n) is 5.57. The fraction of sp³-hybridized carbons (Fsp3) is 0.200. The van der Waals surface area contributed by atoms with Crippen LogP contribution in [0, 0.1) is 0 Å². The second-order valence-corrected chi connectivity index (χ2v) is 3.81. The molecular weight excluding hydrogens is 244 g/mol. The summed E-state index contributed by atoms with van der Waals surface area (Å²) in [5.74, 6) is -1.27. The quantitative estimate of drug-likeness (QED) is 0.306. The zero-order valence-corrected chi connectivity index (χ0v) is 11.3. The first kappa shape index (κ1) is 16.6. The highest BCUT2D eigenvalue weighted by Crippen LogP contribution is 2.06. The summed E-state index contributed by atoms with van der Waals surface area (Å²) in [6.45, 7) is 13.9. The molecule has 19 heavy (non-hydrogen) atoms. The Balaban J connectivity index is 4.30. The van der Waals surface area contributed by atoms with Crippen LogP contribution >= 0.6 is 0 Å². The van der Waals surface area contributed by atoms with E-state index in [2.05, 4.69) is 19.7 Å². The molecule has 0 amide bonds. The van der Waals surface area contributed by atoms with Gasteiger partial charge in [-0.2, -0.15) is 0 Å². The summed E-state index contributed by atoms with van der Waals surface area (Å²) >= 11 is 0. The van der Waals surface area contributed by atoms with Crippen molar-refractivity contribution in [1.29, 1.82) is 0 Å². The number of hydrogen-bond donors (Lipinski definition) is 0. The van der Waals surface area contributed by atoms with Gasteiger partial charge in [-0.05, 0) is 25.0 Å². The van der Waals surface area contributed by atoms with E-state index in [1.165, 1.54) is 18.6 Å². The largest absolute Gasteiger partial charge is 0.434 e. The predicted molar refractivity (Wildman–Crippen MR) is 73.8 cm³/mol. The van der Waals surface area contributed by atoms with Crippen LogP contribution in [0.25, 0.3) is 0 Å². The van der Waals surface area contributed by atoms with Gasteiger partial charge >= 0.3 is 11.9 Å². The molecule has 0 radical (unpaired) electrons. The average molecular weight is 262 g/mol. The topological polar surface area (TPSA) is 52.6 Å². The molecule has 0 aromatic heterocycles. The molecular formula is C15H18O4. The Kier molecular flexibility index (Phi) is 7.61. The molecule has 4 nitrogen and oxygen atoms in total. The monoisotopic (exact) mass is 262 g/mol.